The number of Topliss-reactive ketones (excluding diaryl/α,β-unsaturated/α-hetero) is 1. The molecule has 2 aliphatic heterocycles. The zero-order valence-corrected chi connectivity index (χ0v) is 17.4. The monoisotopic (exact) mass is 450 g/mol. The van der Waals surface area contributed by atoms with E-state index in [-0.39, 0.29) is 26.9 Å². The summed E-state index contributed by atoms with van der Waals surface area (Å²) in [5.74, 6) is 0.478. The number of carbonyl (C=O) groups is 1. The fourth-order valence-corrected chi connectivity index (χ4v) is 6.02. The highest BCUT2D eigenvalue weighted by Crippen LogP contribution is 2.53. The van der Waals surface area contributed by atoms with Crippen LogP contribution in [0, 0.1) is 15.5 Å². The molecule has 2 heterocycles. The Morgan fingerprint density at radius 2 is 2.11 bits per heavy atom. The molecule has 0 spiro atoms. The number of nitrogens with zero attached hydrogens (tertiary/aromatic N) is 2. The van der Waals surface area contributed by atoms with Gasteiger partial charge in [0.15, 0.2) is 5.78 Å². The number of halogens is 1. The Morgan fingerprint density at radius 1 is 1.37 bits per heavy atom. The maximum Gasteiger partial charge on any atom is 0.271 e. The number of rotatable bonds is 2. The molecule has 2 unspecified atom stereocenters. The molecule has 0 aromatic heterocycles. The van der Waals surface area contributed by atoms with Gasteiger partial charge in [-0.3, -0.25) is 19.9 Å². The number of aliphatic imine (C=N–C) groups is 1. The van der Waals surface area contributed by atoms with Crippen LogP contribution in [0.25, 0.3) is 0 Å². The van der Waals surface area contributed by atoms with Crippen LogP contribution in [0.5, 0.6) is 5.75 Å². The minimum absolute atomic E-state index is 0.0334. The Balaban J connectivity index is 1.95. The zero-order chi connectivity index (χ0) is 19.5. The fraction of sp³-hybridized carbons (Fsp3) is 0.474. The number of thioether (sulfide) groups is 1. The topological polar surface area (TPSA) is 92.8 Å². The number of phenolic OH excluding ortho intramolecular Hbond substituents is 1. The first-order valence-corrected chi connectivity index (χ1v) is 10.7. The van der Waals surface area contributed by atoms with Gasteiger partial charge in [-0.2, -0.15) is 11.8 Å². The van der Waals surface area contributed by atoms with Gasteiger partial charge in [0.05, 0.1) is 14.6 Å². The Bertz CT molecular complexity index is 938. The van der Waals surface area contributed by atoms with Gasteiger partial charge >= 0.3 is 0 Å². The minimum atomic E-state index is -0.499. The van der Waals surface area contributed by atoms with Gasteiger partial charge in [-0.15, -0.1) is 0 Å². The number of allylic oxidation sites excluding steroid dienone is 2. The number of nitro groups is 1. The summed E-state index contributed by atoms with van der Waals surface area (Å²) in [7, 11) is 0. The molecule has 1 aromatic carbocycles. The average Bonchev–Trinajstić information content (AvgIpc) is 3.07. The molecule has 1 saturated heterocycles. The lowest BCUT2D eigenvalue weighted by Gasteiger charge is -2.38. The summed E-state index contributed by atoms with van der Waals surface area (Å²) in [6.45, 7) is 3.86. The third-order valence-corrected chi connectivity index (χ3v) is 7.60. The number of ketones is 1. The van der Waals surface area contributed by atoms with E-state index in [0.29, 0.717) is 17.6 Å². The Kier molecular flexibility index (Phi) is 4.46. The van der Waals surface area contributed by atoms with Gasteiger partial charge in [0.25, 0.3) is 5.69 Å². The predicted octanol–water partition coefficient (Wildman–Crippen LogP) is 4.75. The number of aromatic hydroxyl groups is 1. The molecule has 4 rings (SSSR count). The summed E-state index contributed by atoms with van der Waals surface area (Å²) >= 11 is 4.94. The smallest absolute Gasteiger partial charge is 0.271 e. The van der Waals surface area contributed by atoms with E-state index < -0.39 is 16.3 Å². The molecule has 0 amide bonds. The quantitative estimate of drug-likeness (QED) is 0.518. The second-order valence-corrected chi connectivity index (χ2v) is 9.92. The third kappa shape index (κ3) is 2.93. The second kappa shape index (κ2) is 6.44. The van der Waals surface area contributed by atoms with Crippen LogP contribution in [0.1, 0.15) is 44.6 Å². The summed E-state index contributed by atoms with van der Waals surface area (Å²) in [4.78, 5) is 29.0. The second-order valence-electron chi connectivity index (χ2n) is 7.82. The molecule has 6 nitrogen and oxygen atoms in total. The van der Waals surface area contributed by atoms with Gasteiger partial charge < -0.3 is 5.11 Å². The number of nitro benzene ring substituents is 1. The molecule has 8 heteroatoms. The van der Waals surface area contributed by atoms with Gasteiger partial charge in [0.2, 0.25) is 0 Å². The number of phenols is 1. The highest BCUT2D eigenvalue weighted by Gasteiger charge is 2.48. The summed E-state index contributed by atoms with van der Waals surface area (Å²) in [6, 6.07) is 2.70. The highest BCUT2D eigenvalue weighted by molar-refractivity contribution is 9.10. The maximum atomic E-state index is 13.3. The van der Waals surface area contributed by atoms with Gasteiger partial charge in [-0.1, -0.05) is 13.8 Å². The van der Waals surface area contributed by atoms with E-state index in [1.165, 1.54) is 12.1 Å². The Morgan fingerprint density at radius 3 is 2.81 bits per heavy atom. The normalized spacial score (nSPS) is 26.5. The summed E-state index contributed by atoms with van der Waals surface area (Å²) in [5, 5.41) is 22.0. The van der Waals surface area contributed by atoms with E-state index in [9.17, 15) is 20.0 Å². The Labute approximate surface area is 169 Å². The average molecular weight is 451 g/mol. The van der Waals surface area contributed by atoms with Gasteiger partial charge in [-0.25, -0.2) is 0 Å². The van der Waals surface area contributed by atoms with Crippen LogP contribution in [-0.2, 0) is 4.79 Å². The van der Waals surface area contributed by atoms with Crippen LogP contribution < -0.4 is 0 Å². The van der Waals surface area contributed by atoms with E-state index >= 15 is 0 Å². The standard InChI is InChI=1S/C19H19BrN2O4S/c1-19(2)5-3-12-15(18(19)24)14(17-13(21-12)4-6-27-17)10-7-9(22(25)26)8-11(20)16(10)23/h7-8,14,17,23H,3-6H2,1-2H3. The molecule has 27 heavy (non-hydrogen) atoms. The maximum absolute atomic E-state index is 13.3. The largest absolute Gasteiger partial charge is 0.506 e. The van der Waals surface area contributed by atoms with E-state index in [1.54, 1.807) is 11.8 Å². The van der Waals surface area contributed by atoms with E-state index in [0.717, 1.165) is 30.0 Å². The lowest BCUT2D eigenvalue weighted by atomic mass is 9.68. The molecule has 1 aliphatic carbocycles. The van der Waals surface area contributed by atoms with Crippen LogP contribution in [0.3, 0.4) is 0 Å². The molecule has 3 aliphatic rings. The summed E-state index contributed by atoms with van der Waals surface area (Å²) in [6.07, 6.45) is 2.29. The fourth-order valence-electron chi connectivity index (χ4n) is 4.14. The van der Waals surface area contributed by atoms with Crippen LogP contribution >= 0.6 is 27.7 Å². The lowest BCUT2D eigenvalue weighted by molar-refractivity contribution is -0.385. The van der Waals surface area contributed by atoms with Crippen molar-refractivity contribution in [2.24, 2.45) is 10.4 Å². The first-order valence-electron chi connectivity index (χ1n) is 8.84. The zero-order valence-electron chi connectivity index (χ0n) is 15.0. The predicted molar refractivity (Wildman–Crippen MR) is 109 cm³/mol. The number of hydrogen-bond donors (Lipinski definition) is 1. The van der Waals surface area contributed by atoms with Crippen molar-refractivity contribution in [1.82, 2.24) is 0 Å². The van der Waals surface area contributed by atoms with Gasteiger partial charge in [-0.05, 0) is 40.9 Å². The van der Waals surface area contributed by atoms with Gasteiger partial charge in [0.1, 0.15) is 5.75 Å². The van der Waals surface area contributed by atoms with Crippen molar-refractivity contribution >= 4 is 44.9 Å². The van der Waals surface area contributed by atoms with Crippen molar-refractivity contribution in [1.29, 1.82) is 0 Å². The molecular weight excluding hydrogens is 432 g/mol. The molecule has 0 saturated carbocycles. The van der Waals surface area contributed by atoms with Crippen LogP contribution in [-0.4, -0.2) is 32.5 Å². The van der Waals surface area contributed by atoms with Crippen molar-refractivity contribution in [3.05, 3.63) is 43.6 Å². The van der Waals surface area contributed by atoms with Crippen molar-refractivity contribution < 1.29 is 14.8 Å². The highest BCUT2D eigenvalue weighted by atomic mass is 79.9. The summed E-state index contributed by atoms with van der Waals surface area (Å²) in [5.41, 5.74) is 2.27. The molecule has 2 atom stereocenters. The number of carbonyl (C=O) groups excluding carboxylic acids is 1. The molecule has 1 fully saturated rings. The number of benzene rings is 1. The van der Waals surface area contributed by atoms with Crippen molar-refractivity contribution in [3.63, 3.8) is 0 Å². The first kappa shape index (κ1) is 18.7. The summed E-state index contributed by atoms with van der Waals surface area (Å²) < 4.78 is 0.267. The Hall–Kier alpha value is -1.67. The molecule has 1 aromatic rings. The molecule has 142 valence electrons. The molecule has 0 radical (unpaired) electrons. The van der Waals surface area contributed by atoms with E-state index in [2.05, 4.69) is 15.9 Å². The van der Waals surface area contributed by atoms with Crippen LogP contribution in [0.2, 0.25) is 0 Å². The van der Waals surface area contributed by atoms with E-state index in [4.69, 9.17) is 4.99 Å². The first-order chi connectivity index (χ1) is 12.7. The third-order valence-electron chi connectivity index (χ3n) is 5.66. The van der Waals surface area contributed by atoms with Crippen molar-refractivity contribution in [3.8, 4) is 5.75 Å². The molecule has 0 bridgehead atoms. The van der Waals surface area contributed by atoms with E-state index in [1.807, 2.05) is 13.8 Å². The minimum Gasteiger partial charge on any atom is -0.506 e. The van der Waals surface area contributed by atoms with Crippen molar-refractivity contribution in [2.75, 3.05) is 5.75 Å². The molecular formula is C19H19BrN2O4S. The lowest BCUT2D eigenvalue weighted by Crippen LogP contribution is -2.38. The van der Waals surface area contributed by atoms with Gasteiger partial charge in [0, 0.05) is 46.0 Å². The van der Waals surface area contributed by atoms with Crippen molar-refractivity contribution in [2.45, 2.75) is 44.3 Å². The van der Waals surface area contributed by atoms with Crippen LogP contribution in [0.15, 0.2) is 32.9 Å². The number of hydrogen-bond acceptors (Lipinski definition) is 6. The number of fused-ring (bicyclic) bond motifs is 1. The molecule has 1 N–H and O–H groups in total. The number of non-ortho nitro benzene ring substituents is 1. The van der Waals surface area contributed by atoms with Crippen LogP contribution in [0.4, 0.5) is 5.69 Å². The SMILES string of the molecule is CC1(C)CCC2=C(C1=O)C(c1cc([N+](=O)[O-])cc(Br)c1O)C1SCCC1=N2.